The molecule has 0 aliphatic carbocycles. The van der Waals surface area contributed by atoms with Crippen molar-refractivity contribution in [3.63, 3.8) is 0 Å². The molecule has 1 aromatic rings. The molecule has 5 nitrogen and oxygen atoms in total. The smallest absolute Gasteiger partial charge is 0.308 e. The average Bonchev–Trinajstić information content (AvgIpc) is 2.46. The quantitative estimate of drug-likeness (QED) is 0.916. The number of methoxy groups -OCH3 is 1. The van der Waals surface area contributed by atoms with Crippen molar-refractivity contribution in [2.75, 3.05) is 20.2 Å². The van der Waals surface area contributed by atoms with E-state index in [1.165, 1.54) is 0 Å². The predicted octanol–water partition coefficient (Wildman–Crippen LogP) is 2.39. The van der Waals surface area contributed by atoms with Crippen LogP contribution in [0.4, 0.5) is 0 Å². The van der Waals surface area contributed by atoms with Crippen molar-refractivity contribution in [3.05, 3.63) is 28.2 Å². The first kappa shape index (κ1) is 14.8. The molecular weight excluding hydrogens is 326 g/mol. The number of carboxylic acids is 1. The van der Waals surface area contributed by atoms with Crippen LogP contribution in [0.15, 0.2) is 22.7 Å². The van der Waals surface area contributed by atoms with Crippen LogP contribution in [-0.2, 0) is 4.79 Å². The first-order chi connectivity index (χ1) is 9.52. The molecular formula is C14H16BrNO4. The second-order valence-corrected chi connectivity index (χ2v) is 5.63. The fourth-order valence-corrected chi connectivity index (χ4v) is 2.89. The van der Waals surface area contributed by atoms with Crippen LogP contribution < -0.4 is 4.74 Å². The minimum absolute atomic E-state index is 0.140. The van der Waals surface area contributed by atoms with Gasteiger partial charge in [0.2, 0.25) is 0 Å². The predicted molar refractivity (Wildman–Crippen MR) is 77.0 cm³/mol. The maximum Gasteiger partial charge on any atom is 0.308 e. The van der Waals surface area contributed by atoms with E-state index >= 15 is 0 Å². The van der Waals surface area contributed by atoms with Gasteiger partial charge in [-0.05, 0) is 47.0 Å². The summed E-state index contributed by atoms with van der Waals surface area (Å²) in [7, 11) is 1.56. The lowest BCUT2D eigenvalue weighted by Crippen LogP contribution is -2.42. The summed E-state index contributed by atoms with van der Waals surface area (Å²) in [5.74, 6) is -0.782. The average molecular weight is 342 g/mol. The minimum Gasteiger partial charge on any atom is -0.496 e. The summed E-state index contributed by atoms with van der Waals surface area (Å²) in [6.07, 6.45) is 1.35. The highest BCUT2D eigenvalue weighted by molar-refractivity contribution is 9.10. The van der Waals surface area contributed by atoms with Gasteiger partial charge in [0, 0.05) is 18.7 Å². The third-order valence-corrected chi connectivity index (χ3v) is 4.08. The van der Waals surface area contributed by atoms with Crippen LogP contribution in [0.25, 0.3) is 0 Å². The number of nitrogens with zero attached hydrogens (tertiary/aromatic N) is 1. The molecule has 1 heterocycles. The van der Waals surface area contributed by atoms with Gasteiger partial charge in [-0.15, -0.1) is 0 Å². The SMILES string of the molecule is COc1ccc(C(=O)N2CCC[C@@H](C(=O)O)C2)cc1Br. The van der Waals surface area contributed by atoms with E-state index in [1.807, 2.05) is 0 Å². The van der Waals surface area contributed by atoms with E-state index in [1.54, 1.807) is 30.2 Å². The van der Waals surface area contributed by atoms with E-state index < -0.39 is 11.9 Å². The van der Waals surface area contributed by atoms with Crippen LogP contribution in [-0.4, -0.2) is 42.1 Å². The van der Waals surface area contributed by atoms with Crippen LogP contribution in [0.3, 0.4) is 0 Å². The van der Waals surface area contributed by atoms with E-state index in [9.17, 15) is 9.59 Å². The lowest BCUT2D eigenvalue weighted by molar-refractivity contribution is -0.143. The zero-order valence-electron chi connectivity index (χ0n) is 11.1. The van der Waals surface area contributed by atoms with Crippen molar-refractivity contribution < 1.29 is 19.4 Å². The molecule has 6 heteroatoms. The number of amides is 1. The number of carbonyl (C=O) groups is 2. The maximum atomic E-state index is 12.4. The molecule has 1 aromatic carbocycles. The second-order valence-electron chi connectivity index (χ2n) is 4.78. The Morgan fingerprint density at radius 2 is 2.20 bits per heavy atom. The molecule has 1 amide bonds. The van der Waals surface area contributed by atoms with Crippen molar-refractivity contribution in [1.29, 1.82) is 0 Å². The normalized spacial score (nSPS) is 18.7. The standard InChI is InChI=1S/C14H16BrNO4/c1-20-12-5-4-9(7-11(12)15)13(17)16-6-2-3-10(8-16)14(18)19/h4-5,7,10H,2-3,6,8H2,1H3,(H,18,19)/t10-/m1/s1. The lowest BCUT2D eigenvalue weighted by atomic mass is 9.97. The zero-order valence-corrected chi connectivity index (χ0v) is 12.7. The van der Waals surface area contributed by atoms with Crippen molar-refractivity contribution in [2.45, 2.75) is 12.8 Å². The number of carbonyl (C=O) groups excluding carboxylic acids is 1. The van der Waals surface area contributed by atoms with Gasteiger partial charge in [-0.3, -0.25) is 9.59 Å². The number of halogens is 1. The molecule has 1 fully saturated rings. The van der Waals surface area contributed by atoms with Gasteiger partial charge in [0.05, 0.1) is 17.5 Å². The number of carboxylic acid groups (broad SMARTS) is 1. The molecule has 1 N–H and O–H groups in total. The molecule has 1 atom stereocenters. The number of hydrogen-bond donors (Lipinski definition) is 1. The van der Waals surface area contributed by atoms with Gasteiger partial charge >= 0.3 is 5.97 Å². The molecule has 0 aromatic heterocycles. The third-order valence-electron chi connectivity index (χ3n) is 3.46. The van der Waals surface area contributed by atoms with Gasteiger partial charge in [0.1, 0.15) is 5.75 Å². The molecule has 1 aliphatic rings. The fraction of sp³-hybridized carbons (Fsp3) is 0.429. The summed E-state index contributed by atoms with van der Waals surface area (Å²) in [5.41, 5.74) is 0.531. The topological polar surface area (TPSA) is 66.8 Å². The first-order valence-corrected chi connectivity index (χ1v) is 7.18. The number of aliphatic carboxylic acids is 1. The Morgan fingerprint density at radius 1 is 1.45 bits per heavy atom. The molecule has 108 valence electrons. The molecule has 1 saturated heterocycles. The van der Waals surface area contributed by atoms with Crippen LogP contribution in [0.2, 0.25) is 0 Å². The van der Waals surface area contributed by atoms with Crippen molar-refractivity contribution in [2.24, 2.45) is 5.92 Å². The van der Waals surface area contributed by atoms with Crippen LogP contribution >= 0.6 is 15.9 Å². The van der Waals surface area contributed by atoms with Gasteiger partial charge in [-0.1, -0.05) is 0 Å². The maximum absolute atomic E-state index is 12.4. The minimum atomic E-state index is -0.835. The highest BCUT2D eigenvalue weighted by Gasteiger charge is 2.28. The molecule has 0 bridgehead atoms. The van der Waals surface area contributed by atoms with Crippen LogP contribution in [0.5, 0.6) is 5.75 Å². The summed E-state index contributed by atoms with van der Waals surface area (Å²) < 4.78 is 5.83. The van der Waals surface area contributed by atoms with E-state index in [0.717, 1.165) is 6.42 Å². The van der Waals surface area contributed by atoms with Crippen molar-refractivity contribution in [1.82, 2.24) is 4.90 Å². The number of likely N-dealkylation sites (tertiary alicyclic amines) is 1. The van der Waals surface area contributed by atoms with Gasteiger partial charge in [-0.2, -0.15) is 0 Å². The Labute approximate surface area is 125 Å². The molecule has 20 heavy (non-hydrogen) atoms. The van der Waals surface area contributed by atoms with E-state index in [4.69, 9.17) is 9.84 Å². The van der Waals surface area contributed by atoms with E-state index in [0.29, 0.717) is 28.8 Å². The Kier molecular flexibility index (Phi) is 4.65. The number of hydrogen-bond acceptors (Lipinski definition) is 3. The fourth-order valence-electron chi connectivity index (χ4n) is 2.35. The van der Waals surface area contributed by atoms with Gasteiger partial charge < -0.3 is 14.7 Å². The summed E-state index contributed by atoms with van der Waals surface area (Å²) in [5, 5.41) is 9.06. The Morgan fingerprint density at radius 3 is 2.80 bits per heavy atom. The van der Waals surface area contributed by atoms with Crippen molar-refractivity contribution >= 4 is 27.8 Å². The molecule has 0 radical (unpaired) electrons. The van der Waals surface area contributed by atoms with Crippen LogP contribution in [0.1, 0.15) is 23.2 Å². The molecule has 0 spiro atoms. The summed E-state index contributed by atoms with van der Waals surface area (Å²) >= 11 is 3.34. The summed E-state index contributed by atoms with van der Waals surface area (Å²) in [6, 6.07) is 5.11. The number of piperidine rings is 1. The number of ether oxygens (including phenoxy) is 1. The monoisotopic (exact) mass is 341 g/mol. The highest BCUT2D eigenvalue weighted by Crippen LogP contribution is 2.27. The number of benzene rings is 1. The first-order valence-electron chi connectivity index (χ1n) is 6.38. The van der Waals surface area contributed by atoms with Crippen LogP contribution in [0, 0.1) is 5.92 Å². The zero-order chi connectivity index (χ0) is 14.7. The summed E-state index contributed by atoms with van der Waals surface area (Å²) in [4.78, 5) is 25.0. The largest absolute Gasteiger partial charge is 0.496 e. The summed E-state index contributed by atoms with van der Waals surface area (Å²) in [6.45, 7) is 0.879. The highest BCUT2D eigenvalue weighted by atomic mass is 79.9. The molecule has 1 aliphatic heterocycles. The van der Waals surface area contributed by atoms with E-state index in [-0.39, 0.29) is 12.5 Å². The second kappa shape index (κ2) is 6.26. The van der Waals surface area contributed by atoms with Gasteiger partial charge in [-0.25, -0.2) is 0 Å². The Bertz CT molecular complexity index is 532. The molecule has 0 unspecified atom stereocenters. The Hall–Kier alpha value is -1.56. The van der Waals surface area contributed by atoms with Crippen molar-refractivity contribution in [3.8, 4) is 5.75 Å². The third kappa shape index (κ3) is 3.12. The molecule has 0 saturated carbocycles. The van der Waals surface area contributed by atoms with E-state index in [2.05, 4.69) is 15.9 Å². The Balaban J connectivity index is 2.14. The number of rotatable bonds is 3. The van der Waals surface area contributed by atoms with Gasteiger partial charge in [0.15, 0.2) is 0 Å². The van der Waals surface area contributed by atoms with Gasteiger partial charge in [0.25, 0.3) is 5.91 Å². The molecule has 2 rings (SSSR count). The lowest BCUT2D eigenvalue weighted by Gasteiger charge is -2.30.